The number of nitrogens with zero attached hydrogens (tertiary/aromatic N) is 4. The van der Waals surface area contributed by atoms with Crippen LogP contribution in [-0.2, 0) is 0 Å². The third-order valence-corrected chi connectivity index (χ3v) is 5.86. The Morgan fingerprint density at radius 3 is 2.88 bits per heavy atom. The number of para-hydroxylation sites is 1. The molecule has 0 amide bonds. The number of fused-ring (bicyclic) bond motifs is 3. The molecule has 6 nitrogen and oxygen atoms in total. The van der Waals surface area contributed by atoms with Crippen LogP contribution in [0, 0.1) is 10.1 Å². The van der Waals surface area contributed by atoms with Crippen molar-refractivity contribution in [3.8, 4) is 0 Å². The topological polar surface area (TPSA) is 73.3 Å². The molecule has 2 heterocycles. The van der Waals surface area contributed by atoms with Gasteiger partial charge in [0.05, 0.1) is 15.1 Å². The molecule has 4 aromatic rings. The molecule has 1 atom stereocenters. The zero-order chi connectivity index (χ0) is 16.7. The number of benzene rings is 2. The SMILES string of the molecule is CC(Sc1nnc2sc3ccccc3n12)c1cccc([N+](=O)[O-])c1. The van der Waals surface area contributed by atoms with Gasteiger partial charge in [0.2, 0.25) is 4.96 Å². The van der Waals surface area contributed by atoms with E-state index >= 15 is 0 Å². The lowest BCUT2D eigenvalue weighted by molar-refractivity contribution is -0.384. The van der Waals surface area contributed by atoms with Crippen LogP contribution in [0.25, 0.3) is 15.2 Å². The maximum absolute atomic E-state index is 11.0. The largest absolute Gasteiger partial charge is 0.269 e. The molecule has 2 aromatic carbocycles. The number of aromatic nitrogens is 3. The number of non-ortho nitro benzene ring substituents is 1. The van der Waals surface area contributed by atoms with Gasteiger partial charge in [-0.3, -0.25) is 14.5 Å². The molecule has 0 spiro atoms. The number of hydrogen-bond donors (Lipinski definition) is 0. The van der Waals surface area contributed by atoms with Gasteiger partial charge in [-0.25, -0.2) is 0 Å². The molecular formula is C16H12N4O2S2. The monoisotopic (exact) mass is 356 g/mol. The van der Waals surface area contributed by atoms with Gasteiger partial charge in [-0.1, -0.05) is 47.4 Å². The first-order valence-corrected chi connectivity index (χ1v) is 8.97. The predicted molar refractivity (Wildman–Crippen MR) is 95.7 cm³/mol. The van der Waals surface area contributed by atoms with Gasteiger partial charge in [-0.15, -0.1) is 10.2 Å². The Kier molecular flexibility index (Phi) is 3.70. The Balaban J connectivity index is 1.71. The number of nitro groups is 1. The molecule has 0 saturated carbocycles. The van der Waals surface area contributed by atoms with Gasteiger partial charge in [0.1, 0.15) is 0 Å². The normalized spacial score (nSPS) is 12.7. The van der Waals surface area contributed by atoms with E-state index in [1.807, 2.05) is 35.6 Å². The highest BCUT2D eigenvalue weighted by molar-refractivity contribution is 7.99. The standard InChI is InChI=1S/C16H12N4O2S2/c1-10(11-5-4-6-12(9-11)20(21)22)23-15-17-18-16-19(15)13-7-2-3-8-14(13)24-16/h2-10H,1H3. The molecule has 0 saturated heterocycles. The zero-order valence-corrected chi connectivity index (χ0v) is 14.3. The van der Waals surface area contributed by atoms with Crippen LogP contribution in [0.5, 0.6) is 0 Å². The molecular weight excluding hydrogens is 344 g/mol. The fraction of sp³-hybridized carbons (Fsp3) is 0.125. The first kappa shape index (κ1) is 15.1. The number of hydrogen-bond acceptors (Lipinski definition) is 6. The molecule has 1 unspecified atom stereocenters. The molecule has 0 aliphatic rings. The predicted octanol–water partition coefficient (Wildman–Crippen LogP) is 4.71. The molecule has 120 valence electrons. The Morgan fingerprint density at radius 2 is 2.04 bits per heavy atom. The van der Waals surface area contributed by atoms with Gasteiger partial charge in [-0.05, 0) is 24.6 Å². The second kappa shape index (κ2) is 5.88. The van der Waals surface area contributed by atoms with Crippen molar-refractivity contribution in [3.63, 3.8) is 0 Å². The number of thioether (sulfide) groups is 1. The van der Waals surface area contributed by atoms with Gasteiger partial charge in [0, 0.05) is 17.4 Å². The zero-order valence-electron chi connectivity index (χ0n) is 12.6. The fourth-order valence-corrected chi connectivity index (χ4v) is 4.55. The Bertz CT molecular complexity index is 1060. The van der Waals surface area contributed by atoms with E-state index < -0.39 is 0 Å². The summed E-state index contributed by atoms with van der Waals surface area (Å²) in [5.74, 6) is 0. The van der Waals surface area contributed by atoms with Crippen LogP contribution < -0.4 is 0 Å². The van der Waals surface area contributed by atoms with Crippen molar-refractivity contribution in [2.24, 2.45) is 0 Å². The lowest BCUT2D eigenvalue weighted by Crippen LogP contribution is -1.94. The van der Waals surface area contributed by atoms with Crippen LogP contribution in [0.15, 0.2) is 53.7 Å². The first-order chi connectivity index (χ1) is 11.6. The maximum Gasteiger partial charge on any atom is 0.269 e. The summed E-state index contributed by atoms with van der Waals surface area (Å²) in [7, 11) is 0. The molecule has 0 N–H and O–H groups in total. The van der Waals surface area contributed by atoms with Crippen LogP contribution in [0.2, 0.25) is 0 Å². The van der Waals surface area contributed by atoms with Crippen molar-refractivity contribution >= 4 is 44.0 Å². The van der Waals surface area contributed by atoms with Crippen molar-refractivity contribution in [1.82, 2.24) is 14.6 Å². The number of nitro benzene ring substituents is 1. The summed E-state index contributed by atoms with van der Waals surface area (Å²) in [6.07, 6.45) is 0. The van der Waals surface area contributed by atoms with Crippen LogP contribution in [-0.4, -0.2) is 19.5 Å². The minimum atomic E-state index is -0.372. The van der Waals surface area contributed by atoms with Crippen molar-refractivity contribution in [2.75, 3.05) is 0 Å². The molecule has 8 heteroatoms. The lowest BCUT2D eigenvalue weighted by atomic mass is 10.1. The summed E-state index contributed by atoms with van der Waals surface area (Å²) in [5.41, 5.74) is 2.08. The van der Waals surface area contributed by atoms with Crippen molar-refractivity contribution in [3.05, 3.63) is 64.2 Å². The van der Waals surface area contributed by atoms with E-state index in [0.717, 1.165) is 25.9 Å². The molecule has 0 aliphatic heterocycles. The average molecular weight is 356 g/mol. The van der Waals surface area contributed by atoms with Crippen molar-refractivity contribution in [1.29, 1.82) is 0 Å². The van der Waals surface area contributed by atoms with Gasteiger partial charge < -0.3 is 0 Å². The molecule has 0 aliphatic carbocycles. The summed E-state index contributed by atoms with van der Waals surface area (Å²) in [6.45, 7) is 2.01. The molecule has 4 rings (SSSR count). The number of thiazole rings is 1. The molecule has 0 bridgehead atoms. The first-order valence-electron chi connectivity index (χ1n) is 7.27. The highest BCUT2D eigenvalue weighted by atomic mass is 32.2. The van der Waals surface area contributed by atoms with E-state index in [2.05, 4.69) is 16.3 Å². The van der Waals surface area contributed by atoms with Gasteiger partial charge >= 0.3 is 0 Å². The third kappa shape index (κ3) is 2.53. The molecule has 0 radical (unpaired) electrons. The highest BCUT2D eigenvalue weighted by Gasteiger charge is 2.17. The van der Waals surface area contributed by atoms with E-state index in [1.165, 1.54) is 6.07 Å². The van der Waals surface area contributed by atoms with E-state index in [0.29, 0.717) is 0 Å². The molecule has 2 aromatic heterocycles. The lowest BCUT2D eigenvalue weighted by Gasteiger charge is -2.09. The summed E-state index contributed by atoms with van der Waals surface area (Å²) >= 11 is 3.14. The summed E-state index contributed by atoms with van der Waals surface area (Å²) in [6, 6.07) is 14.8. The molecule has 0 fully saturated rings. The van der Waals surface area contributed by atoms with Gasteiger partial charge in [0.25, 0.3) is 5.69 Å². The minimum Gasteiger partial charge on any atom is -0.260 e. The quantitative estimate of drug-likeness (QED) is 0.301. The van der Waals surface area contributed by atoms with Crippen molar-refractivity contribution < 1.29 is 4.92 Å². The average Bonchev–Trinajstić information content (AvgIpc) is 3.14. The Morgan fingerprint density at radius 1 is 1.21 bits per heavy atom. The van der Waals surface area contributed by atoms with E-state index in [4.69, 9.17) is 0 Å². The smallest absolute Gasteiger partial charge is 0.260 e. The van der Waals surface area contributed by atoms with Crippen LogP contribution in [0.1, 0.15) is 17.7 Å². The second-order valence-corrected chi connectivity index (χ2v) is 7.60. The summed E-state index contributed by atoms with van der Waals surface area (Å²) in [4.78, 5) is 11.4. The van der Waals surface area contributed by atoms with Crippen LogP contribution in [0.3, 0.4) is 0 Å². The second-order valence-electron chi connectivity index (χ2n) is 5.28. The van der Waals surface area contributed by atoms with E-state index in [1.54, 1.807) is 35.2 Å². The van der Waals surface area contributed by atoms with Crippen LogP contribution in [0.4, 0.5) is 5.69 Å². The van der Waals surface area contributed by atoms with Crippen molar-refractivity contribution in [2.45, 2.75) is 17.3 Å². The minimum absolute atomic E-state index is 0.0240. The highest BCUT2D eigenvalue weighted by Crippen LogP contribution is 2.37. The van der Waals surface area contributed by atoms with Crippen LogP contribution >= 0.6 is 23.1 Å². The number of rotatable bonds is 4. The van der Waals surface area contributed by atoms with Gasteiger partial charge in [0.15, 0.2) is 5.16 Å². The Hall–Kier alpha value is -2.45. The summed E-state index contributed by atoms with van der Waals surface area (Å²) in [5, 5.41) is 20.3. The third-order valence-electron chi connectivity index (χ3n) is 3.74. The maximum atomic E-state index is 11.0. The molecule has 24 heavy (non-hydrogen) atoms. The van der Waals surface area contributed by atoms with Gasteiger partial charge in [-0.2, -0.15) is 0 Å². The van der Waals surface area contributed by atoms with E-state index in [9.17, 15) is 10.1 Å². The summed E-state index contributed by atoms with van der Waals surface area (Å²) < 4.78 is 3.20. The van der Waals surface area contributed by atoms with E-state index in [-0.39, 0.29) is 15.9 Å². The fourth-order valence-electron chi connectivity index (χ4n) is 2.55. The Labute approximate surface area is 145 Å².